The smallest absolute Gasteiger partial charge is 0.0199 e. The Kier molecular flexibility index (Phi) is 7.57. The van der Waals surface area contributed by atoms with Gasteiger partial charge < -0.3 is 0 Å². The second-order valence-electron chi connectivity index (χ2n) is 16.9. The van der Waals surface area contributed by atoms with Gasteiger partial charge in [-0.3, -0.25) is 0 Å². The molecule has 0 spiro atoms. The van der Waals surface area contributed by atoms with Crippen LogP contribution in [0, 0.1) is 19.8 Å². The lowest BCUT2D eigenvalue weighted by atomic mass is 9.66. The maximum Gasteiger partial charge on any atom is 0.0199 e. The Morgan fingerprint density at radius 3 is 1.60 bits per heavy atom. The van der Waals surface area contributed by atoms with Gasteiger partial charge in [0.2, 0.25) is 0 Å². The number of benzene rings is 8. The van der Waals surface area contributed by atoms with Gasteiger partial charge in [0.05, 0.1) is 0 Å². The number of hydrogen-bond donors (Lipinski definition) is 0. The van der Waals surface area contributed by atoms with Crippen molar-refractivity contribution in [3.8, 4) is 33.4 Å². The Balaban J connectivity index is 1.06. The molecule has 3 aliphatic rings. The average molecular weight is 729 g/mol. The Hall–Kier alpha value is -6.50. The number of fused-ring (bicyclic) bond motifs is 7. The standard InChI is InChI=1S/C57H44/c1-35-21-25-37(26-22-35)53-43-13-5-9-17-47(43)55(48-18-10-6-14-44(48)53)39-29-31-41-42-32-30-40(34-52(42)57(3,4)51(41)33-39)56-49-19-11-7-15-45(49)54(38-27-23-36(2)24-28-38)46-16-8-12-20-50(46)56/h5-34,43,53H,1-4H3. The number of hydrogen-bond acceptors (Lipinski definition) is 0. The van der Waals surface area contributed by atoms with Crippen LogP contribution in [0.4, 0.5) is 0 Å². The summed E-state index contributed by atoms with van der Waals surface area (Å²) in [5.41, 5.74) is 21.2. The van der Waals surface area contributed by atoms with Gasteiger partial charge in [0.15, 0.2) is 0 Å². The van der Waals surface area contributed by atoms with E-state index in [1.54, 1.807) is 0 Å². The molecule has 0 bridgehead atoms. The van der Waals surface area contributed by atoms with Crippen LogP contribution in [0.3, 0.4) is 0 Å². The zero-order chi connectivity index (χ0) is 38.4. The third kappa shape index (κ3) is 5.13. The van der Waals surface area contributed by atoms with Gasteiger partial charge in [0.25, 0.3) is 0 Å². The third-order valence-corrected chi connectivity index (χ3v) is 13.2. The Morgan fingerprint density at radius 2 is 0.965 bits per heavy atom. The van der Waals surface area contributed by atoms with Crippen LogP contribution in [0.1, 0.15) is 64.3 Å². The molecule has 3 aliphatic carbocycles. The molecule has 0 aliphatic heterocycles. The highest BCUT2D eigenvalue weighted by molar-refractivity contribution is 6.21. The van der Waals surface area contributed by atoms with Crippen molar-refractivity contribution in [2.45, 2.75) is 39.0 Å². The molecular formula is C57H44. The van der Waals surface area contributed by atoms with Gasteiger partial charge >= 0.3 is 0 Å². The lowest BCUT2D eigenvalue weighted by Crippen LogP contribution is -2.23. The highest BCUT2D eigenvalue weighted by atomic mass is 14.4. The third-order valence-electron chi connectivity index (χ3n) is 13.2. The van der Waals surface area contributed by atoms with Gasteiger partial charge in [-0.15, -0.1) is 0 Å². The Labute approximate surface area is 336 Å². The van der Waals surface area contributed by atoms with Gasteiger partial charge in [-0.25, -0.2) is 0 Å². The van der Waals surface area contributed by atoms with E-state index in [2.05, 4.69) is 210 Å². The van der Waals surface area contributed by atoms with E-state index in [1.165, 1.54) is 111 Å². The quantitative estimate of drug-likeness (QED) is 0.158. The summed E-state index contributed by atoms with van der Waals surface area (Å²) < 4.78 is 0. The van der Waals surface area contributed by atoms with Crippen LogP contribution in [0.5, 0.6) is 0 Å². The second-order valence-corrected chi connectivity index (χ2v) is 16.9. The summed E-state index contributed by atoms with van der Waals surface area (Å²) in [5, 5.41) is 5.17. The molecule has 8 aromatic rings. The summed E-state index contributed by atoms with van der Waals surface area (Å²) in [4.78, 5) is 0. The number of aryl methyl sites for hydroxylation is 2. The Morgan fingerprint density at radius 1 is 0.456 bits per heavy atom. The molecular weight excluding hydrogens is 685 g/mol. The minimum Gasteiger partial charge on any atom is -0.0760 e. The van der Waals surface area contributed by atoms with Crippen molar-refractivity contribution in [1.82, 2.24) is 0 Å². The molecule has 0 nitrogen and oxygen atoms in total. The largest absolute Gasteiger partial charge is 0.0760 e. The minimum absolute atomic E-state index is 0.185. The van der Waals surface area contributed by atoms with E-state index in [0.29, 0.717) is 0 Å². The average Bonchev–Trinajstić information content (AvgIpc) is 3.47. The first-order chi connectivity index (χ1) is 27.9. The molecule has 0 heterocycles. The van der Waals surface area contributed by atoms with Crippen LogP contribution < -0.4 is 0 Å². The molecule has 0 saturated heterocycles. The lowest BCUT2D eigenvalue weighted by molar-refractivity contribution is 0.648. The van der Waals surface area contributed by atoms with E-state index in [9.17, 15) is 0 Å². The van der Waals surface area contributed by atoms with Crippen molar-refractivity contribution in [2.24, 2.45) is 5.92 Å². The highest BCUT2D eigenvalue weighted by Gasteiger charge is 2.39. The van der Waals surface area contributed by atoms with Crippen molar-refractivity contribution < 1.29 is 0 Å². The van der Waals surface area contributed by atoms with Crippen molar-refractivity contribution in [1.29, 1.82) is 0 Å². The van der Waals surface area contributed by atoms with E-state index >= 15 is 0 Å². The van der Waals surface area contributed by atoms with Gasteiger partial charge in [0, 0.05) is 17.3 Å². The normalized spacial score (nSPS) is 17.4. The first-order valence-corrected chi connectivity index (χ1v) is 20.4. The fraction of sp³-hybridized carbons (Fsp3) is 0.123. The first kappa shape index (κ1) is 33.8. The maximum absolute atomic E-state index is 2.52. The van der Waals surface area contributed by atoms with E-state index < -0.39 is 0 Å². The van der Waals surface area contributed by atoms with E-state index in [0.717, 1.165) is 0 Å². The zero-order valence-corrected chi connectivity index (χ0v) is 33.0. The summed E-state index contributed by atoms with van der Waals surface area (Å²) in [6.07, 6.45) is 9.26. The monoisotopic (exact) mass is 728 g/mol. The predicted molar refractivity (Wildman–Crippen MR) is 242 cm³/mol. The molecule has 0 amide bonds. The van der Waals surface area contributed by atoms with Crippen molar-refractivity contribution >= 4 is 27.1 Å². The van der Waals surface area contributed by atoms with Gasteiger partial charge in [0.1, 0.15) is 0 Å². The summed E-state index contributed by atoms with van der Waals surface area (Å²) in [6, 6.07) is 59.9. The van der Waals surface area contributed by atoms with Gasteiger partial charge in [-0.2, -0.15) is 0 Å². The van der Waals surface area contributed by atoms with E-state index in [4.69, 9.17) is 0 Å². The molecule has 2 unspecified atom stereocenters. The summed E-state index contributed by atoms with van der Waals surface area (Å²) in [5.74, 6) is 0.541. The molecule has 0 saturated carbocycles. The molecule has 0 aromatic heterocycles. The predicted octanol–water partition coefficient (Wildman–Crippen LogP) is 14.9. The van der Waals surface area contributed by atoms with Crippen LogP contribution in [-0.2, 0) is 5.41 Å². The van der Waals surface area contributed by atoms with Crippen LogP contribution in [-0.4, -0.2) is 0 Å². The molecule has 272 valence electrons. The molecule has 0 heteroatoms. The van der Waals surface area contributed by atoms with E-state index in [-0.39, 0.29) is 17.3 Å². The molecule has 11 rings (SSSR count). The molecule has 0 radical (unpaired) electrons. The molecule has 57 heavy (non-hydrogen) atoms. The first-order valence-electron chi connectivity index (χ1n) is 20.4. The highest BCUT2D eigenvalue weighted by Crippen LogP contribution is 2.54. The van der Waals surface area contributed by atoms with Crippen LogP contribution >= 0.6 is 0 Å². The molecule has 8 aromatic carbocycles. The number of allylic oxidation sites excluding steroid dienone is 5. The Bertz CT molecular complexity index is 2980. The summed E-state index contributed by atoms with van der Waals surface area (Å²) >= 11 is 0. The summed E-state index contributed by atoms with van der Waals surface area (Å²) in [6.45, 7) is 9.18. The van der Waals surface area contributed by atoms with Gasteiger partial charge in [-0.1, -0.05) is 195 Å². The molecule has 2 atom stereocenters. The lowest BCUT2D eigenvalue weighted by Gasteiger charge is -2.37. The fourth-order valence-corrected chi connectivity index (χ4v) is 10.4. The second kappa shape index (κ2) is 12.8. The van der Waals surface area contributed by atoms with Crippen LogP contribution in [0.2, 0.25) is 0 Å². The van der Waals surface area contributed by atoms with Crippen LogP contribution in [0.15, 0.2) is 188 Å². The summed E-state index contributed by atoms with van der Waals surface area (Å²) in [7, 11) is 0. The van der Waals surface area contributed by atoms with Crippen molar-refractivity contribution in [2.75, 3.05) is 0 Å². The molecule has 0 fully saturated rings. The van der Waals surface area contributed by atoms with Crippen molar-refractivity contribution in [3.05, 3.63) is 232 Å². The minimum atomic E-state index is -0.185. The zero-order valence-electron chi connectivity index (χ0n) is 33.0. The van der Waals surface area contributed by atoms with E-state index in [1.807, 2.05) is 0 Å². The van der Waals surface area contributed by atoms with Crippen molar-refractivity contribution in [3.63, 3.8) is 0 Å². The topological polar surface area (TPSA) is 0 Å². The SMILES string of the molecule is Cc1ccc(-c2c3ccccc3c(-c3ccc4c(c3)C(C)(C)c3cc(C5=C6C=CC=CC6C(c6ccc(C)cc6)c6ccccc65)ccc3-4)c3ccccc23)cc1. The fourth-order valence-electron chi connectivity index (χ4n) is 10.4. The van der Waals surface area contributed by atoms with Crippen LogP contribution in [0.25, 0.3) is 60.5 Å². The molecule has 0 N–H and O–H groups in total. The maximum atomic E-state index is 2.52. The van der Waals surface area contributed by atoms with Gasteiger partial charge in [-0.05, 0) is 125 Å². The number of rotatable bonds is 4.